The van der Waals surface area contributed by atoms with Gasteiger partial charge in [0.1, 0.15) is 11.5 Å². The van der Waals surface area contributed by atoms with Crippen LogP contribution in [0, 0.1) is 0 Å². The third-order valence-corrected chi connectivity index (χ3v) is 1.96. The van der Waals surface area contributed by atoms with E-state index in [1.807, 2.05) is 6.07 Å². The van der Waals surface area contributed by atoms with E-state index >= 15 is 0 Å². The van der Waals surface area contributed by atoms with Gasteiger partial charge >= 0.3 is 5.97 Å². The molecule has 3 nitrogen and oxygen atoms in total. The summed E-state index contributed by atoms with van der Waals surface area (Å²) in [6.45, 7) is 6.11. The third kappa shape index (κ3) is 4.17. The summed E-state index contributed by atoms with van der Waals surface area (Å²) >= 11 is 0. The average molecular weight is 220 g/mol. The number of unbranched alkanes of at least 4 members (excludes halogenated alkanes) is 1. The van der Waals surface area contributed by atoms with Gasteiger partial charge in [0.05, 0.1) is 6.61 Å². The van der Waals surface area contributed by atoms with Gasteiger partial charge in [-0.2, -0.15) is 0 Å². The van der Waals surface area contributed by atoms with Crippen molar-refractivity contribution in [3.05, 3.63) is 36.9 Å². The Labute approximate surface area is 95.7 Å². The predicted octanol–water partition coefficient (Wildman–Crippen LogP) is 2.96. The molecule has 0 aliphatic rings. The second-order valence-corrected chi connectivity index (χ2v) is 3.30. The van der Waals surface area contributed by atoms with Crippen molar-refractivity contribution in [3.8, 4) is 11.5 Å². The summed E-state index contributed by atoms with van der Waals surface area (Å²) in [5.41, 5.74) is 0. The first kappa shape index (κ1) is 12.3. The molecule has 0 unspecified atom stereocenters. The van der Waals surface area contributed by atoms with Crippen LogP contribution in [0.2, 0.25) is 0 Å². The van der Waals surface area contributed by atoms with E-state index in [9.17, 15) is 4.79 Å². The Bertz CT molecular complexity index is 358. The predicted molar refractivity (Wildman–Crippen MR) is 62.7 cm³/mol. The Kier molecular flexibility index (Phi) is 5.12. The molecule has 0 spiro atoms. The molecule has 3 heteroatoms. The summed E-state index contributed by atoms with van der Waals surface area (Å²) in [6, 6.07) is 7.01. The second kappa shape index (κ2) is 6.67. The molecule has 0 N–H and O–H groups in total. The topological polar surface area (TPSA) is 35.5 Å². The number of carbonyl (C=O) groups excluding carboxylic acids is 1. The first-order valence-electron chi connectivity index (χ1n) is 5.33. The molecule has 1 aromatic carbocycles. The molecule has 0 saturated carbocycles. The van der Waals surface area contributed by atoms with Crippen LogP contribution in [0.25, 0.3) is 0 Å². The van der Waals surface area contributed by atoms with Crippen LogP contribution in [-0.2, 0) is 4.79 Å². The van der Waals surface area contributed by atoms with Gasteiger partial charge in [-0.3, -0.25) is 0 Å². The minimum absolute atomic E-state index is 0.467. The lowest BCUT2D eigenvalue weighted by Gasteiger charge is -2.06. The molecule has 0 aliphatic heterocycles. The van der Waals surface area contributed by atoms with Gasteiger partial charge in [0.15, 0.2) is 0 Å². The van der Waals surface area contributed by atoms with Gasteiger partial charge in [0.2, 0.25) is 0 Å². The van der Waals surface area contributed by atoms with E-state index in [2.05, 4.69) is 13.5 Å². The molecule has 0 bridgehead atoms. The molecule has 16 heavy (non-hydrogen) atoms. The highest BCUT2D eigenvalue weighted by Gasteiger charge is 2.01. The average Bonchev–Trinajstić information content (AvgIpc) is 2.30. The van der Waals surface area contributed by atoms with Gasteiger partial charge < -0.3 is 9.47 Å². The van der Waals surface area contributed by atoms with Crippen molar-refractivity contribution in [1.29, 1.82) is 0 Å². The molecule has 0 amide bonds. The van der Waals surface area contributed by atoms with Crippen molar-refractivity contribution in [3.63, 3.8) is 0 Å². The summed E-state index contributed by atoms with van der Waals surface area (Å²) < 4.78 is 10.5. The SMILES string of the molecule is C=CC(=O)Oc1cccc(OCCCC)c1. The molecule has 86 valence electrons. The quantitative estimate of drug-likeness (QED) is 0.320. The zero-order valence-corrected chi connectivity index (χ0v) is 9.44. The monoisotopic (exact) mass is 220 g/mol. The number of benzene rings is 1. The molecule has 0 radical (unpaired) electrons. The lowest BCUT2D eigenvalue weighted by Crippen LogP contribution is -2.03. The minimum atomic E-state index is -0.467. The molecular formula is C13H16O3. The smallest absolute Gasteiger partial charge is 0.335 e. The summed E-state index contributed by atoms with van der Waals surface area (Å²) in [7, 11) is 0. The van der Waals surface area contributed by atoms with E-state index in [0.29, 0.717) is 18.1 Å². The van der Waals surface area contributed by atoms with Crippen LogP contribution >= 0.6 is 0 Å². The fourth-order valence-electron chi connectivity index (χ4n) is 1.12. The maximum absolute atomic E-state index is 11.0. The molecule has 0 fully saturated rings. The normalized spacial score (nSPS) is 9.56. The highest BCUT2D eigenvalue weighted by Crippen LogP contribution is 2.19. The maximum Gasteiger partial charge on any atom is 0.335 e. The molecule has 0 heterocycles. The van der Waals surface area contributed by atoms with Gasteiger partial charge in [-0.25, -0.2) is 4.79 Å². The first-order valence-corrected chi connectivity index (χ1v) is 5.33. The van der Waals surface area contributed by atoms with Crippen LogP contribution in [0.5, 0.6) is 11.5 Å². The van der Waals surface area contributed by atoms with Gasteiger partial charge in [-0.05, 0) is 18.6 Å². The lowest BCUT2D eigenvalue weighted by molar-refractivity contribution is -0.128. The number of hydrogen-bond donors (Lipinski definition) is 0. The molecule has 0 aromatic heterocycles. The van der Waals surface area contributed by atoms with Crippen LogP contribution in [0.3, 0.4) is 0 Å². The zero-order valence-electron chi connectivity index (χ0n) is 9.44. The highest BCUT2D eigenvalue weighted by atomic mass is 16.5. The summed E-state index contributed by atoms with van der Waals surface area (Å²) in [6.07, 6.45) is 3.23. The van der Waals surface area contributed by atoms with E-state index in [1.54, 1.807) is 18.2 Å². The van der Waals surface area contributed by atoms with E-state index in [0.717, 1.165) is 18.9 Å². The fraction of sp³-hybridized carbons (Fsp3) is 0.308. The Morgan fingerprint density at radius 2 is 2.19 bits per heavy atom. The largest absolute Gasteiger partial charge is 0.493 e. The van der Waals surface area contributed by atoms with Gasteiger partial charge in [0.25, 0.3) is 0 Å². The first-order chi connectivity index (χ1) is 7.76. The molecule has 0 aliphatic carbocycles. The van der Waals surface area contributed by atoms with Crippen LogP contribution in [0.15, 0.2) is 36.9 Å². The van der Waals surface area contributed by atoms with Crippen molar-refractivity contribution in [2.75, 3.05) is 6.61 Å². The van der Waals surface area contributed by atoms with Crippen molar-refractivity contribution in [2.24, 2.45) is 0 Å². The fourth-order valence-corrected chi connectivity index (χ4v) is 1.12. The summed E-state index contributed by atoms with van der Waals surface area (Å²) in [5.74, 6) is 0.715. The lowest BCUT2D eigenvalue weighted by atomic mass is 10.3. The Morgan fingerprint density at radius 3 is 2.88 bits per heavy atom. The van der Waals surface area contributed by atoms with Crippen molar-refractivity contribution < 1.29 is 14.3 Å². The van der Waals surface area contributed by atoms with Crippen LogP contribution in [0.1, 0.15) is 19.8 Å². The second-order valence-electron chi connectivity index (χ2n) is 3.30. The number of carbonyl (C=O) groups is 1. The van der Waals surface area contributed by atoms with E-state index in [4.69, 9.17) is 9.47 Å². The maximum atomic E-state index is 11.0. The highest BCUT2D eigenvalue weighted by molar-refractivity contribution is 5.83. The van der Waals surface area contributed by atoms with Gasteiger partial charge in [-0.1, -0.05) is 26.0 Å². The molecule has 0 atom stereocenters. The summed E-state index contributed by atoms with van der Waals surface area (Å²) in [5, 5.41) is 0. The van der Waals surface area contributed by atoms with Crippen LogP contribution in [0.4, 0.5) is 0 Å². The Hall–Kier alpha value is -1.77. The van der Waals surface area contributed by atoms with Crippen LogP contribution in [-0.4, -0.2) is 12.6 Å². The van der Waals surface area contributed by atoms with Crippen molar-refractivity contribution in [2.45, 2.75) is 19.8 Å². The third-order valence-electron chi connectivity index (χ3n) is 1.96. The standard InChI is InChI=1S/C13H16O3/c1-3-5-9-15-11-7-6-8-12(10-11)16-13(14)4-2/h4,6-8,10H,2-3,5,9H2,1H3. The van der Waals surface area contributed by atoms with E-state index in [1.165, 1.54) is 0 Å². The van der Waals surface area contributed by atoms with Crippen molar-refractivity contribution >= 4 is 5.97 Å². The number of ether oxygens (including phenoxy) is 2. The van der Waals surface area contributed by atoms with Crippen LogP contribution < -0.4 is 9.47 Å². The Balaban J connectivity index is 2.56. The number of hydrogen-bond acceptors (Lipinski definition) is 3. The van der Waals surface area contributed by atoms with E-state index in [-0.39, 0.29) is 0 Å². The summed E-state index contributed by atoms with van der Waals surface area (Å²) in [4.78, 5) is 11.0. The number of esters is 1. The molecule has 1 rings (SSSR count). The Morgan fingerprint density at radius 1 is 1.44 bits per heavy atom. The number of rotatable bonds is 6. The molecule has 1 aromatic rings. The van der Waals surface area contributed by atoms with Gasteiger partial charge in [0, 0.05) is 12.1 Å². The minimum Gasteiger partial charge on any atom is -0.493 e. The van der Waals surface area contributed by atoms with Crippen molar-refractivity contribution in [1.82, 2.24) is 0 Å². The van der Waals surface area contributed by atoms with E-state index < -0.39 is 5.97 Å². The molecule has 0 saturated heterocycles. The zero-order chi connectivity index (χ0) is 11.8. The molecular weight excluding hydrogens is 204 g/mol. The van der Waals surface area contributed by atoms with Gasteiger partial charge in [-0.15, -0.1) is 0 Å².